The molecule has 0 N–H and O–H groups in total. The van der Waals surface area contributed by atoms with Crippen LogP contribution in [0.4, 0.5) is 13.2 Å². The van der Waals surface area contributed by atoms with Crippen molar-refractivity contribution in [3.8, 4) is 11.5 Å². The standard InChI is InChI=1S/C18H15F3O3/c1-23-15-8-4-5-9-16(15)24-17(22)13-10-12(13)11-6-2-3-7-14(11)18(19,20)21/h2-9,12-13H,10H2,1H3. The summed E-state index contributed by atoms with van der Waals surface area (Å²) in [7, 11) is 1.45. The first-order valence-corrected chi connectivity index (χ1v) is 7.42. The van der Waals surface area contributed by atoms with Crippen LogP contribution in [0.15, 0.2) is 48.5 Å². The number of rotatable bonds is 4. The minimum absolute atomic E-state index is 0.145. The monoisotopic (exact) mass is 336 g/mol. The van der Waals surface area contributed by atoms with Gasteiger partial charge in [0.05, 0.1) is 18.6 Å². The summed E-state index contributed by atoms with van der Waals surface area (Å²) in [6, 6.07) is 12.0. The second kappa shape index (κ2) is 6.19. The van der Waals surface area contributed by atoms with Crippen molar-refractivity contribution in [3.63, 3.8) is 0 Å². The number of alkyl halides is 3. The first kappa shape index (κ1) is 16.4. The van der Waals surface area contributed by atoms with Crippen LogP contribution in [0.25, 0.3) is 0 Å². The van der Waals surface area contributed by atoms with Gasteiger partial charge in [0.25, 0.3) is 0 Å². The number of methoxy groups -OCH3 is 1. The number of carbonyl (C=O) groups excluding carboxylic acids is 1. The molecule has 3 nitrogen and oxygen atoms in total. The summed E-state index contributed by atoms with van der Waals surface area (Å²) in [4.78, 5) is 12.2. The van der Waals surface area contributed by atoms with Crippen LogP contribution in [-0.2, 0) is 11.0 Å². The van der Waals surface area contributed by atoms with Gasteiger partial charge >= 0.3 is 12.1 Å². The van der Waals surface area contributed by atoms with Gasteiger partial charge in [-0.1, -0.05) is 30.3 Å². The number of para-hydroxylation sites is 2. The molecule has 1 fully saturated rings. The SMILES string of the molecule is COc1ccccc1OC(=O)C1CC1c1ccccc1C(F)(F)F. The molecule has 1 aliphatic rings. The molecule has 0 heterocycles. The Bertz CT molecular complexity index is 755. The predicted molar refractivity (Wildman–Crippen MR) is 80.9 cm³/mol. The normalized spacial score (nSPS) is 19.7. The Labute approximate surface area is 137 Å². The zero-order valence-electron chi connectivity index (χ0n) is 12.8. The number of hydrogen-bond donors (Lipinski definition) is 0. The smallest absolute Gasteiger partial charge is 0.416 e. The molecular weight excluding hydrogens is 321 g/mol. The number of ether oxygens (including phenoxy) is 2. The molecule has 24 heavy (non-hydrogen) atoms. The Balaban J connectivity index is 1.75. The van der Waals surface area contributed by atoms with E-state index in [0.29, 0.717) is 12.2 Å². The van der Waals surface area contributed by atoms with E-state index in [1.807, 2.05) is 0 Å². The summed E-state index contributed by atoms with van der Waals surface area (Å²) >= 11 is 0. The van der Waals surface area contributed by atoms with E-state index in [0.717, 1.165) is 6.07 Å². The first-order chi connectivity index (χ1) is 11.4. The fourth-order valence-electron chi connectivity index (χ4n) is 2.76. The van der Waals surface area contributed by atoms with Crippen LogP contribution in [0.1, 0.15) is 23.5 Å². The highest BCUT2D eigenvalue weighted by molar-refractivity contribution is 5.80. The van der Waals surface area contributed by atoms with Crippen LogP contribution in [0.3, 0.4) is 0 Å². The quantitative estimate of drug-likeness (QED) is 0.612. The maximum absolute atomic E-state index is 13.1. The number of esters is 1. The maximum Gasteiger partial charge on any atom is 0.416 e. The summed E-state index contributed by atoms with van der Waals surface area (Å²) in [6.07, 6.45) is -4.09. The highest BCUT2D eigenvalue weighted by Crippen LogP contribution is 2.51. The van der Waals surface area contributed by atoms with Crippen molar-refractivity contribution in [1.29, 1.82) is 0 Å². The van der Waals surface area contributed by atoms with Crippen molar-refractivity contribution >= 4 is 5.97 Å². The highest BCUT2D eigenvalue weighted by atomic mass is 19.4. The zero-order valence-corrected chi connectivity index (χ0v) is 12.8. The van der Waals surface area contributed by atoms with Crippen molar-refractivity contribution in [2.24, 2.45) is 5.92 Å². The van der Waals surface area contributed by atoms with Crippen molar-refractivity contribution < 1.29 is 27.4 Å². The predicted octanol–water partition coefficient (Wildman–Crippen LogP) is 4.42. The van der Waals surface area contributed by atoms with Crippen LogP contribution < -0.4 is 9.47 Å². The summed E-state index contributed by atoms with van der Waals surface area (Å²) in [6.45, 7) is 0. The molecule has 2 aromatic carbocycles. The van der Waals surface area contributed by atoms with Gasteiger partial charge in [-0.2, -0.15) is 13.2 Å². The van der Waals surface area contributed by atoms with E-state index in [2.05, 4.69) is 0 Å². The van der Waals surface area contributed by atoms with Crippen molar-refractivity contribution in [2.75, 3.05) is 7.11 Å². The Morgan fingerprint density at radius 3 is 2.33 bits per heavy atom. The molecule has 2 unspecified atom stereocenters. The summed E-state index contributed by atoms with van der Waals surface area (Å²) < 4.78 is 49.6. The van der Waals surface area contributed by atoms with Crippen molar-refractivity contribution in [1.82, 2.24) is 0 Å². The van der Waals surface area contributed by atoms with Gasteiger partial charge in [-0.3, -0.25) is 4.79 Å². The van der Waals surface area contributed by atoms with E-state index in [4.69, 9.17) is 9.47 Å². The van der Waals surface area contributed by atoms with Crippen molar-refractivity contribution in [3.05, 3.63) is 59.7 Å². The zero-order chi connectivity index (χ0) is 17.3. The molecule has 0 saturated heterocycles. The van der Waals surface area contributed by atoms with Crippen LogP contribution in [-0.4, -0.2) is 13.1 Å². The molecule has 0 bridgehead atoms. The van der Waals surface area contributed by atoms with E-state index >= 15 is 0 Å². The maximum atomic E-state index is 13.1. The third kappa shape index (κ3) is 3.22. The lowest BCUT2D eigenvalue weighted by Gasteiger charge is -2.12. The van der Waals surface area contributed by atoms with Crippen molar-refractivity contribution in [2.45, 2.75) is 18.5 Å². The summed E-state index contributed by atoms with van der Waals surface area (Å²) in [5, 5.41) is 0. The third-order valence-corrected chi connectivity index (χ3v) is 4.04. The number of benzene rings is 2. The van der Waals surface area contributed by atoms with Gasteiger partial charge in [0.15, 0.2) is 11.5 Å². The van der Waals surface area contributed by atoms with Crippen LogP contribution in [0.5, 0.6) is 11.5 Å². The van der Waals surface area contributed by atoms with E-state index in [-0.39, 0.29) is 11.3 Å². The van der Waals surface area contributed by atoms with Gasteiger partial charge < -0.3 is 9.47 Å². The second-order valence-corrected chi connectivity index (χ2v) is 5.61. The highest BCUT2D eigenvalue weighted by Gasteiger charge is 2.49. The molecule has 3 rings (SSSR count). The molecule has 0 spiro atoms. The fraction of sp³-hybridized carbons (Fsp3) is 0.278. The van der Waals surface area contributed by atoms with E-state index in [1.54, 1.807) is 30.3 Å². The summed E-state index contributed by atoms with van der Waals surface area (Å²) in [5.74, 6) is -0.913. The van der Waals surface area contributed by atoms with Gasteiger partial charge in [0.2, 0.25) is 0 Å². The van der Waals surface area contributed by atoms with Crippen LogP contribution in [0.2, 0.25) is 0 Å². The molecule has 0 radical (unpaired) electrons. The van der Waals surface area contributed by atoms with E-state index < -0.39 is 29.5 Å². The average molecular weight is 336 g/mol. The minimum Gasteiger partial charge on any atom is -0.493 e. The molecule has 1 aliphatic carbocycles. The molecular formula is C18H15F3O3. The average Bonchev–Trinajstić information content (AvgIpc) is 3.35. The molecule has 2 aromatic rings. The topological polar surface area (TPSA) is 35.5 Å². The molecule has 0 amide bonds. The molecule has 6 heteroatoms. The lowest BCUT2D eigenvalue weighted by molar-refractivity contribution is -0.139. The van der Waals surface area contributed by atoms with Crippen LogP contribution in [0, 0.1) is 5.92 Å². The Hall–Kier alpha value is -2.50. The lowest BCUT2D eigenvalue weighted by atomic mass is 10.0. The summed E-state index contributed by atoms with van der Waals surface area (Å²) in [5.41, 5.74) is -0.547. The Kier molecular flexibility index (Phi) is 4.22. The number of carbonyl (C=O) groups is 1. The molecule has 0 aromatic heterocycles. The Morgan fingerprint density at radius 2 is 1.67 bits per heavy atom. The van der Waals surface area contributed by atoms with Crippen LogP contribution >= 0.6 is 0 Å². The molecule has 2 atom stereocenters. The fourth-order valence-corrected chi connectivity index (χ4v) is 2.76. The number of hydrogen-bond acceptors (Lipinski definition) is 3. The van der Waals surface area contributed by atoms with E-state index in [1.165, 1.54) is 19.2 Å². The minimum atomic E-state index is -4.43. The number of halogens is 3. The molecule has 0 aliphatic heterocycles. The van der Waals surface area contributed by atoms with Gasteiger partial charge in [0, 0.05) is 0 Å². The molecule has 1 saturated carbocycles. The van der Waals surface area contributed by atoms with Gasteiger partial charge in [-0.25, -0.2) is 0 Å². The third-order valence-electron chi connectivity index (χ3n) is 4.04. The first-order valence-electron chi connectivity index (χ1n) is 7.42. The van der Waals surface area contributed by atoms with Gasteiger partial charge in [-0.05, 0) is 36.1 Å². The van der Waals surface area contributed by atoms with Gasteiger partial charge in [-0.15, -0.1) is 0 Å². The van der Waals surface area contributed by atoms with Gasteiger partial charge in [0.1, 0.15) is 0 Å². The lowest BCUT2D eigenvalue weighted by Crippen LogP contribution is -2.13. The van der Waals surface area contributed by atoms with E-state index in [9.17, 15) is 18.0 Å². The second-order valence-electron chi connectivity index (χ2n) is 5.61. The largest absolute Gasteiger partial charge is 0.493 e. The molecule has 126 valence electrons. The Morgan fingerprint density at radius 1 is 1.04 bits per heavy atom.